The topological polar surface area (TPSA) is 68.2 Å². The summed E-state index contributed by atoms with van der Waals surface area (Å²) in [5, 5.41) is 0.843. The number of thioether (sulfide) groups is 1. The second kappa shape index (κ2) is 7.52. The molecule has 2 aliphatic rings. The number of aliphatic imine (C=N–C) groups is 1. The van der Waals surface area contributed by atoms with Gasteiger partial charge in [0.25, 0.3) is 0 Å². The fraction of sp³-hybridized carbons (Fsp3) is 0.500. The lowest BCUT2D eigenvalue weighted by Crippen LogP contribution is -2.39. The van der Waals surface area contributed by atoms with E-state index >= 15 is 0 Å². The average Bonchev–Trinajstić information content (AvgIpc) is 3.05. The summed E-state index contributed by atoms with van der Waals surface area (Å²) in [4.78, 5) is 6.75. The van der Waals surface area contributed by atoms with Crippen molar-refractivity contribution in [2.75, 3.05) is 36.4 Å². The van der Waals surface area contributed by atoms with Gasteiger partial charge in [-0.15, -0.1) is 0 Å². The summed E-state index contributed by atoms with van der Waals surface area (Å²) in [5.41, 5.74) is 2.06. The molecule has 2 atom stereocenters. The molecule has 1 aromatic carbocycles. The number of ether oxygens (including phenoxy) is 2. The molecule has 0 saturated carbocycles. The smallest absolute Gasteiger partial charge is 0.164 e. The molecule has 0 unspecified atom stereocenters. The molecular formula is C18H24N2O4S2. The van der Waals surface area contributed by atoms with E-state index in [2.05, 4.69) is 19.9 Å². The first-order valence-corrected chi connectivity index (χ1v) is 11.2. The van der Waals surface area contributed by atoms with Crippen LogP contribution in [0.3, 0.4) is 0 Å². The Morgan fingerprint density at radius 3 is 2.73 bits per heavy atom. The monoisotopic (exact) mass is 396 g/mol. The number of methoxy groups -OCH3 is 2. The molecule has 1 fully saturated rings. The molecule has 3 rings (SSSR count). The van der Waals surface area contributed by atoms with Gasteiger partial charge in [-0.05, 0) is 26.0 Å². The molecule has 26 heavy (non-hydrogen) atoms. The van der Waals surface area contributed by atoms with Crippen molar-refractivity contribution in [3.63, 3.8) is 0 Å². The van der Waals surface area contributed by atoms with E-state index in [4.69, 9.17) is 14.5 Å². The van der Waals surface area contributed by atoms with E-state index in [0.717, 1.165) is 16.6 Å². The van der Waals surface area contributed by atoms with E-state index in [1.54, 1.807) is 26.0 Å². The highest BCUT2D eigenvalue weighted by atomic mass is 32.2. The Morgan fingerprint density at radius 2 is 2.08 bits per heavy atom. The first-order chi connectivity index (χ1) is 12.3. The third kappa shape index (κ3) is 3.86. The second-order valence-electron chi connectivity index (χ2n) is 6.62. The fourth-order valence-electron chi connectivity index (χ4n) is 3.18. The van der Waals surface area contributed by atoms with Crippen LogP contribution in [-0.4, -0.2) is 57.1 Å². The van der Waals surface area contributed by atoms with Gasteiger partial charge < -0.3 is 14.4 Å². The van der Waals surface area contributed by atoms with Crippen LogP contribution >= 0.6 is 11.8 Å². The van der Waals surface area contributed by atoms with Crippen LogP contribution in [0.4, 0.5) is 5.69 Å². The van der Waals surface area contributed by atoms with Crippen molar-refractivity contribution >= 4 is 32.5 Å². The molecule has 0 N–H and O–H groups in total. The van der Waals surface area contributed by atoms with E-state index in [1.807, 2.05) is 23.1 Å². The molecule has 2 heterocycles. The number of hydrogen-bond acceptors (Lipinski definition) is 7. The number of hydrogen-bond donors (Lipinski definition) is 0. The predicted molar refractivity (Wildman–Crippen MR) is 108 cm³/mol. The van der Waals surface area contributed by atoms with Crippen molar-refractivity contribution in [2.45, 2.75) is 25.9 Å². The van der Waals surface area contributed by atoms with Gasteiger partial charge in [0.15, 0.2) is 15.0 Å². The van der Waals surface area contributed by atoms with E-state index in [9.17, 15) is 8.42 Å². The van der Waals surface area contributed by atoms with Gasteiger partial charge in [0, 0.05) is 11.8 Å². The summed E-state index contributed by atoms with van der Waals surface area (Å²) in [6, 6.07) is 5.16. The molecule has 8 heteroatoms. The average molecular weight is 397 g/mol. The van der Waals surface area contributed by atoms with Gasteiger partial charge in [0.1, 0.15) is 11.5 Å². The van der Waals surface area contributed by atoms with Crippen molar-refractivity contribution < 1.29 is 17.9 Å². The van der Waals surface area contributed by atoms with E-state index in [1.165, 1.54) is 5.57 Å². The Bertz CT molecular complexity index is 845. The predicted octanol–water partition coefficient (Wildman–Crippen LogP) is 2.74. The van der Waals surface area contributed by atoms with Crippen LogP contribution in [0.5, 0.6) is 11.5 Å². The summed E-state index contributed by atoms with van der Waals surface area (Å²) < 4.78 is 35.1. The highest BCUT2D eigenvalue weighted by molar-refractivity contribution is 8.14. The maximum Gasteiger partial charge on any atom is 0.164 e. The molecular weight excluding hydrogens is 372 g/mol. The number of benzene rings is 1. The third-order valence-corrected chi connectivity index (χ3v) is 7.05. The lowest BCUT2D eigenvalue weighted by molar-refractivity contribution is 0.394. The van der Waals surface area contributed by atoms with Crippen molar-refractivity contribution in [2.24, 2.45) is 4.99 Å². The zero-order chi connectivity index (χ0) is 18.9. The Hall–Kier alpha value is -1.67. The Kier molecular flexibility index (Phi) is 5.53. The van der Waals surface area contributed by atoms with Crippen LogP contribution in [0.25, 0.3) is 0 Å². The standard InChI is InChI=1S/C18H24N2O4S2/c1-12(2)7-8-25-18-19-14-10-26(21,22)11-16(14)20(18)15-6-5-13(23-3)9-17(15)24-4/h5-7,9,14,16H,8,10-11H2,1-4H3/t14-,16+/m0/s1. The van der Waals surface area contributed by atoms with E-state index < -0.39 is 9.84 Å². The number of nitrogens with zero attached hydrogens (tertiary/aromatic N) is 2. The minimum atomic E-state index is -3.07. The van der Waals surface area contributed by atoms with Crippen molar-refractivity contribution in [3.8, 4) is 11.5 Å². The minimum Gasteiger partial charge on any atom is -0.497 e. The number of amidine groups is 1. The maximum absolute atomic E-state index is 12.1. The van der Waals surface area contributed by atoms with Crippen molar-refractivity contribution in [1.29, 1.82) is 0 Å². The highest BCUT2D eigenvalue weighted by Gasteiger charge is 2.47. The molecule has 142 valence electrons. The summed E-state index contributed by atoms with van der Waals surface area (Å²) >= 11 is 1.62. The van der Waals surface area contributed by atoms with Crippen LogP contribution in [0.1, 0.15) is 13.8 Å². The van der Waals surface area contributed by atoms with Gasteiger partial charge in [-0.25, -0.2) is 8.42 Å². The SMILES string of the molecule is COc1ccc(N2C(SCC=C(C)C)=N[C@H]3CS(=O)(=O)C[C@H]32)c(OC)c1. The molecule has 0 aromatic heterocycles. The third-order valence-electron chi connectivity index (χ3n) is 4.46. The zero-order valence-electron chi connectivity index (χ0n) is 15.4. The van der Waals surface area contributed by atoms with Crippen molar-refractivity contribution in [1.82, 2.24) is 0 Å². The van der Waals surface area contributed by atoms with Gasteiger partial charge in [-0.1, -0.05) is 23.4 Å². The van der Waals surface area contributed by atoms with Gasteiger partial charge in [0.05, 0.1) is 43.5 Å². The molecule has 0 radical (unpaired) electrons. The van der Waals surface area contributed by atoms with Gasteiger partial charge >= 0.3 is 0 Å². The van der Waals surface area contributed by atoms with Crippen molar-refractivity contribution in [3.05, 3.63) is 29.8 Å². The van der Waals surface area contributed by atoms with Crippen LogP contribution in [-0.2, 0) is 9.84 Å². The number of sulfone groups is 1. The Morgan fingerprint density at radius 1 is 1.31 bits per heavy atom. The lowest BCUT2D eigenvalue weighted by atomic mass is 10.1. The summed E-state index contributed by atoms with van der Waals surface area (Å²) in [6.07, 6.45) is 2.14. The number of fused-ring (bicyclic) bond motifs is 1. The van der Waals surface area contributed by atoms with E-state index in [0.29, 0.717) is 11.5 Å². The number of allylic oxidation sites excluding steroid dienone is 1. The number of anilines is 1. The molecule has 0 amide bonds. The number of rotatable bonds is 5. The van der Waals surface area contributed by atoms with Gasteiger partial charge in [0.2, 0.25) is 0 Å². The van der Waals surface area contributed by atoms with Crippen LogP contribution in [0, 0.1) is 0 Å². The molecule has 1 aromatic rings. The molecule has 6 nitrogen and oxygen atoms in total. The van der Waals surface area contributed by atoms with Crippen LogP contribution < -0.4 is 14.4 Å². The second-order valence-corrected chi connectivity index (χ2v) is 9.76. The largest absolute Gasteiger partial charge is 0.497 e. The Balaban J connectivity index is 1.97. The quantitative estimate of drug-likeness (QED) is 0.713. The van der Waals surface area contributed by atoms with Crippen LogP contribution in [0.15, 0.2) is 34.8 Å². The summed E-state index contributed by atoms with van der Waals surface area (Å²) in [7, 11) is 0.133. The minimum absolute atomic E-state index is 0.110. The molecule has 2 aliphatic heterocycles. The normalized spacial score (nSPS) is 23.4. The first kappa shape index (κ1) is 19.1. The molecule has 0 spiro atoms. The fourth-order valence-corrected chi connectivity index (χ4v) is 6.17. The van der Waals surface area contributed by atoms with E-state index in [-0.39, 0.29) is 23.6 Å². The molecule has 0 aliphatic carbocycles. The summed E-state index contributed by atoms with van der Waals surface area (Å²) in [6.45, 7) is 4.12. The molecule has 0 bridgehead atoms. The van der Waals surface area contributed by atoms with Gasteiger partial charge in [-0.2, -0.15) is 0 Å². The highest BCUT2D eigenvalue weighted by Crippen LogP contribution is 2.40. The van der Waals surface area contributed by atoms with Gasteiger partial charge in [-0.3, -0.25) is 4.99 Å². The molecule has 1 saturated heterocycles. The van der Waals surface area contributed by atoms with Crippen LogP contribution in [0.2, 0.25) is 0 Å². The Labute approximate surface area is 159 Å². The maximum atomic E-state index is 12.1. The summed E-state index contributed by atoms with van der Waals surface area (Å²) in [5.74, 6) is 2.35. The lowest BCUT2D eigenvalue weighted by Gasteiger charge is -2.28. The first-order valence-electron chi connectivity index (χ1n) is 8.40. The zero-order valence-corrected chi connectivity index (χ0v) is 17.1.